The zero-order valence-corrected chi connectivity index (χ0v) is 15.3. The van der Waals surface area contributed by atoms with Gasteiger partial charge in [0.15, 0.2) is 5.76 Å². The van der Waals surface area contributed by atoms with E-state index < -0.39 is 21.5 Å². The van der Waals surface area contributed by atoms with Gasteiger partial charge in [0.25, 0.3) is 15.9 Å². The highest BCUT2D eigenvalue weighted by molar-refractivity contribution is 7.89. The summed E-state index contributed by atoms with van der Waals surface area (Å²) >= 11 is 0. The van der Waals surface area contributed by atoms with Crippen LogP contribution in [0.1, 0.15) is 63.4 Å². The Morgan fingerprint density at radius 2 is 2.00 bits per heavy atom. The second-order valence-electron chi connectivity index (χ2n) is 7.09. The molecule has 0 saturated heterocycles. The Labute approximate surface area is 143 Å². The largest absolute Gasteiger partial charge is 0.438 e. The summed E-state index contributed by atoms with van der Waals surface area (Å²) in [6.45, 7) is 5.73. The normalized spacial score (nSPS) is 15.9. The summed E-state index contributed by atoms with van der Waals surface area (Å²) in [7, 11) is -3.77. The second-order valence-corrected chi connectivity index (χ2v) is 8.70. The smallest absolute Gasteiger partial charge is 0.287 e. The molecule has 0 spiro atoms. The van der Waals surface area contributed by atoms with Crippen molar-refractivity contribution < 1.29 is 17.6 Å². The third-order valence-electron chi connectivity index (χ3n) is 3.63. The molecule has 0 radical (unpaired) electrons. The van der Waals surface area contributed by atoms with E-state index in [0.717, 1.165) is 19.3 Å². The van der Waals surface area contributed by atoms with Crippen molar-refractivity contribution in [3.63, 3.8) is 0 Å². The number of sulfonamides is 1. The number of furan rings is 1. The maximum atomic E-state index is 12.2. The minimum absolute atomic E-state index is 0.00177. The summed E-state index contributed by atoms with van der Waals surface area (Å²) in [5.74, 6) is -0.398. The van der Waals surface area contributed by atoms with E-state index in [9.17, 15) is 13.2 Å². The summed E-state index contributed by atoms with van der Waals surface area (Å²) in [4.78, 5) is 12.1. The van der Waals surface area contributed by atoms with Crippen LogP contribution in [0, 0.1) is 0 Å². The third kappa shape index (κ3) is 5.49. The van der Waals surface area contributed by atoms with Crippen molar-refractivity contribution in [3.05, 3.63) is 29.5 Å². The van der Waals surface area contributed by atoms with Crippen LogP contribution in [0.25, 0.3) is 0 Å². The number of carbonyl (C=O) groups excluding carboxylic acids is 1. The molecule has 2 N–H and O–H groups in total. The monoisotopic (exact) mass is 354 g/mol. The Bertz CT molecular complexity index is 711. The zero-order chi connectivity index (χ0) is 17.8. The summed E-state index contributed by atoms with van der Waals surface area (Å²) in [6.07, 6.45) is 7.72. The number of carbonyl (C=O) groups is 1. The average molecular weight is 354 g/mol. The van der Waals surface area contributed by atoms with Crippen molar-refractivity contribution in [1.82, 2.24) is 10.0 Å². The van der Waals surface area contributed by atoms with Crippen LogP contribution in [0.15, 0.2) is 33.3 Å². The van der Waals surface area contributed by atoms with Gasteiger partial charge in [-0.1, -0.05) is 11.6 Å². The lowest BCUT2D eigenvalue weighted by Gasteiger charge is -2.18. The van der Waals surface area contributed by atoms with Gasteiger partial charge in [0.05, 0.1) is 0 Å². The molecule has 134 valence electrons. The van der Waals surface area contributed by atoms with Gasteiger partial charge in [-0.05, 0) is 65.0 Å². The predicted molar refractivity (Wildman–Crippen MR) is 92.3 cm³/mol. The van der Waals surface area contributed by atoms with Gasteiger partial charge in [-0.15, -0.1) is 0 Å². The summed E-state index contributed by atoms with van der Waals surface area (Å²) in [5, 5.41) is 2.52. The number of rotatable bonds is 6. The first-order valence-corrected chi connectivity index (χ1v) is 9.76. The summed E-state index contributed by atoms with van der Waals surface area (Å²) in [6, 6.07) is 2.68. The highest BCUT2D eigenvalue weighted by Crippen LogP contribution is 2.20. The van der Waals surface area contributed by atoms with Crippen LogP contribution in [0.3, 0.4) is 0 Å². The minimum Gasteiger partial charge on any atom is -0.438 e. The standard InChI is InChI=1S/C17H26N2O4S/c1-17(2,3)19-24(21,22)15-10-9-14(23-15)16(20)18-12-11-13-7-5-4-6-8-13/h7,9-10,19H,4-6,8,11-12H2,1-3H3,(H,18,20). The molecule has 7 heteroatoms. The molecular weight excluding hydrogens is 328 g/mol. The fourth-order valence-electron chi connectivity index (χ4n) is 2.60. The van der Waals surface area contributed by atoms with Crippen molar-refractivity contribution in [2.45, 2.75) is 63.5 Å². The molecule has 1 aromatic rings. The fourth-order valence-corrected chi connectivity index (χ4v) is 3.95. The Morgan fingerprint density at radius 3 is 2.62 bits per heavy atom. The number of nitrogens with one attached hydrogen (secondary N) is 2. The molecule has 1 aliphatic carbocycles. The highest BCUT2D eigenvalue weighted by atomic mass is 32.2. The fraction of sp³-hybridized carbons (Fsp3) is 0.588. The third-order valence-corrected chi connectivity index (χ3v) is 5.26. The Morgan fingerprint density at radius 1 is 1.25 bits per heavy atom. The molecular formula is C17H26N2O4S. The van der Waals surface area contributed by atoms with Crippen molar-refractivity contribution in [2.75, 3.05) is 6.54 Å². The quantitative estimate of drug-likeness (QED) is 0.769. The van der Waals surface area contributed by atoms with Crippen LogP contribution in [-0.4, -0.2) is 26.4 Å². The molecule has 0 bridgehead atoms. The van der Waals surface area contributed by atoms with Crippen molar-refractivity contribution in [3.8, 4) is 0 Å². The molecule has 1 aliphatic rings. The van der Waals surface area contributed by atoms with E-state index in [1.54, 1.807) is 20.8 Å². The van der Waals surface area contributed by atoms with E-state index in [1.165, 1.54) is 30.5 Å². The van der Waals surface area contributed by atoms with Gasteiger partial charge in [0, 0.05) is 12.1 Å². The van der Waals surface area contributed by atoms with E-state index in [4.69, 9.17) is 4.42 Å². The number of hydrogen-bond acceptors (Lipinski definition) is 4. The summed E-state index contributed by atoms with van der Waals surface area (Å²) in [5.41, 5.74) is 0.750. The van der Waals surface area contributed by atoms with Gasteiger partial charge in [-0.25, -0.2) is 13.1 Å². The predicted octanol–water partition coefficient (Wildman–Crippen LogP) is 2.98. The number of amides is 1. The van der Waals surface area contributed by atoms with Crippen LogP contribution in [0.2, 0.25) is 0 Å². The molecule has 0 fully saturated rings. The first-order chi connectivity index (χ1) is 11.2. The van der Waals surface area contributed by atoms with E-state index in [-0.39, 0.29) is 10.9 Å². The van der Waals surface area contributed by atoms with Crippen LogP contribution in [0.4, 0.5) is 0 Å². The van der Waals surface area contributed by atoms with Gasteiger partial charge < -0.3 is 9.73 Å². The molecule has 0 unspecified atom stereocenters. The highest BCUT2D eigenvalue weighted by Gasteiger charge is 2.26. The van der Waals surface area contributed by atoms with Crippen LogP contribution < -0.4 is 10.0 Å². The Kier molecular flexibility index (Phi) is 5.87. The van der Waals surface area contributed by atoms with Gasteiger partial charge in [-0.2, -0.15) is 0 Å². The minimum atomic E-state index is -3.77. The van der Waals surface area contributed by atoms with E-state index in [2.05, 4.69) is 16.1 Å². The second kappa shape index (κ2) is 7.53. The molecule has 2 rings (SSSR count). The zero-order valence-electron chi connectivity index (χ0n) is 14.5. The van der Waals surface area contributed by atoms with Crippen LogP contribution in [0.5, 0.6) is 0 Å². The number of hydrogen-bond donors (Lipinski definition) is 2. The van der Waals surface area contributed by atoms with E-state index in [1.807, 2.05) is 0 Å². The molecule has 24 heavy (non-hydrogen) atoms. The van der Waals surface area contributed by atoms with E-state index in [0.29, 0.717) is 6.54 Å². The molecule has 0 atom stereocenters. The lowest BCUT2D eigenvalue weighted by molar-refractivity contribution is 0.0921. The number of allylic oxidation sites excluding steroid dienone is 1. The molecule has 0 saturated carbocycles. The van der Waals surface area contributed by atoms with Crippen LogP contribution in [-0.2, 0) is 10.0 Å². The van der Waals surface area contributed by atoms with Crippen molar-refractivity contribution >= 4 is 15.9 Å². The topological polar surface area (TPSA) is 88.4 Å². The first-order valence-electron chi connectivity index (χ1n) is 8.27. The molecule has 1 aromatic heterocycles. The first kappa shape index (κ1) is 18.7. The van der Waals surface area contributed by atoms with E-state index >= 15 is 0 Å². The molecule has 1 amide bonds. The Hall–Kier alpha value is -1.60. The Balaban J connectivity index is 1.92. The summed E-state index contributed by atoms with van der Waals surface area (Å²) < 4.78 is 32.0. The van der Waals surface area contributed by atoms with Crippen molar-refractivity contribution in [2.24, 2.45) is 0 Å². The van der Waals surface area contributed by atoms with Crippen molar-refractivity contribution in [1.29, 1.82) is 0 Å². The maximum Gasteiger partial charge on any atom is 0.287 e. The van der Waals surface area contributed by atoms with Crippen LogP contribution >= 0.6 is 0 Å². The van der Waals surface area contributed by atoms with Gasteiger partial charge in [0.2, 0.25) is 5.09 Å². The average Bonchev–Trinajstić information content (AvgIpc) is 2.96. The lowest BCUT2D eigenvalue weighted by atomic mass is 9.97. The molecule has 0 aliphatic heterocycles. The van der Waals surface area contributed by atoms with Gasteiger partial charge in [-0.3, -0.25) is 4.79 Å². The molecule has 1 heterocycles. The molecule has 6 nitrogen and oxygen atoms in total. The van der Waals surface area contributed by atoms with Gasteiger partial charge in [0.1, 0.15) is 0 Å². The SMILES string of the molecule is CC(C)(C)NS(=O)(=O)c1ccc(C(=O)NCCC2=CCCCC2)o1. The molecule has 0 aromatic carbocycles. The lowest BCUT2D eigenvalue weighted by Crippen LogP contribution is -2.40. The maximum absolute atomic E-state index is 12.2. The van der Waals surface area contributed by atoms with Gasteiger partial charge >= 0.3 is 0 Å².